The van der Waals surface area contributed by atoms with Gasteiger partial charge >= 0.3 is 0 Å². The van der Waals surface area contributed by atoms with Crippen LogP contribution in [0.2, 0.25) is 0 Å². The van der Waals surface area contributed by atoms with Crippen LogP contribution in [0.5, 0.6) is 0 Å². The fourth-order valence-electron chi connectivity index (χ4n) is 3.73. The van der Waals surface area contributed by atoms with E-state index in [0.717, 1.165) is 49.7 Å². The first-order valence-corrected chi connectivity index (χ1v) is 9.37. The molecule has 0 radical (unpaired) electrons. The van der Waals surface area contributed by atoms with Crippen LogP contribution < -0.4 is 0 Å². The Hall–Kier alpha value is -2.15. The van der Waals surface area contributed by atoms with E-state index in [1.165, 1.54) is 0 Å². The average molecular weight is 359 g/mol. The van der Waals surface area contributed by atoms with Crippen molar-refractivity contribution in [1.29, 1.82) is 0 Å². The molecule has 26 heavy (non-hydrogen) atoms. The molecule has 0 aromatic carbocycles. The number of ether oxygens (including phenoxy) is 1. The maximum absolute atomic E-state index is 12.7. The van der Waals surface area contributed by atoms with Gasteiger partial charge in [-0.2, -0.15) is 5.10 Å². The summed E-state index contributed by atoms with van der Waals surface area (Å²) in [6, 6.07) is 2.04. The number of nitrogens with zero attached hydrogens (tertiary/aromatic N) is 5. The molecule has 1 atom stereocenters. The van der Waals surface area contributed by atoms with Crippen molar-refractivity contribution in [2.24, 2.45) is 0 Å². The van der Waals surface area contributed by atoms with Gasteiger partial charge < -0.3 is 14.2 Å². The third-order valence-corrected chi connectivity index (χ3v) is 5.06. The fourth-order valence-corrected chi connectivity index (χ4v) is 3.73. The summed E-state index contributed by atoms with van der Waals surface area (Å²) in [4.78, 5) is 19.2. The van der Waals surface area contributed by atoms with Gasteiger partial charge in [-0.05, 0) is 32.8 Å². The molecule has 3 heterocycles. The quantitative estimate of drug-likeness (QED) is 0.760. The molecule has 7 nitrogen and oxygen atoms in total. The van der Waals surface area contributed by atoms with E-state index in [1.54, 1.807) is 7.11 Å². The van der Waals surface area contributed by atoms with Crippen molar-refractivity contribution in [3.05, 3.63) is 35.7 Å². The van der Waals surface area contributed by atoms with Crippen LogP contribution in [0.1, 0.15) is 42.4 Å². The number of methoxy groups -OCH3 is 1. The van der Waals surface area contributed by atoms with E-state index < -0.39 is 0 Å². The van der Waals surface area contributed by atoms with E-state index in [1.807, 2.05) is 41.9 Å². The van der Waals surface area contributed by atoms with E-state index in [2.05, 4.69) is 14.6 Å². The molecule has 2 aromatic heterocycles. The molecule has 1 saturated heterocycles. The van der Waals surface area contributed by atoms with E-state index in [9.17, 15) is 4.79 Å². The highest BCUT2D eigenvalue weighted by molar-refractivity contribution is 5.76. The van der Waals surface area contributed by atoms with Crippen molar-refractivity contribution in [2.45, 2.75) is 52.1 Å². The van der Waals surface area contributed by atoms with Gasteiger partial charge in [0.2, 0.25) is 5.91 Å². The third-order valence-electron chi connectivity index (χ3n) is 5.06. The van der Waals surface area contributed by atoms with Crippen LogP contribution in [0.15, 0.2) is 18.5 Å². The Labute approximate surface area is 155 Å². The first-order valence-electron chi connectivity index (χ1n) is 9.37. The monoisotopic (exact) mass is 359 g/mol. The van der Waals surface area contributed by atoms with Gasteiger partial charge in [-0.1, -0.05) is 0 Å². The van der Waals surface area contributed by atoms with Gasteiger partial charge in [0, 0.05) is 63.7 Å². The van der Waals surface area contributed by atoms with Crippen LogP contribution in [-0.4, -0.2) is 56.9 Å². The Morgan fingerprint density at radius 3 is 2.92 bits per heavy atom. The standard InChI is InChI=1S/C19H29N5O2/c1-15-13-16(2)24(21-15)9-6-18(25)23-8-4-5-17(14-23)19-20-7-10-22(19)11-12-26-3/h7,10,13,17H,4-6,8-9,11-12,14H2,1-3H3/t17-/m0/s1. The van der Waals surface area contributed by atoms with Crippen molar-refractivity contribution >= 4 is 5.91 Å². The maximum atomic E-state index is 12.7. The lowest BCUT2D eigenvalue weighted by Gasteiger charge is -2.33. The molecule has 7 heteroatoms. The van der Waals surface area contributed by atoms with Crippen LogP contribution in [0.4, 0.5) is 0 Å². The number of carbonyl (C=O) groups is 1. The number of hydrogen-bond donors (Lipinski definition) is 0. The van der Waals surface area contributed by atoms with Gasteiger partial charge in [0.15, 0.2) is 0 Å². The van der Waals surface area contributed by atoms with Gasteiger partial charge in [0.25, 0.3) is 0 Å². The number of carbonyl (C=O) groups excluding carboxylic acids is 1. The van der Waals surface area contributed by atoms with Gasteiger partial charge in [-0.25, -0.2) is 4.98 Å². The molecule has 0 saturated carbocycles. The number of likely N-dealkylation sites (tertiary alicyclic amines) is 1. The molecular formula is C19H29N5O2. The summed E-state index contributed by atoms with van der Waals surface area (Å²) in [7, 11) is 1.71. The zero-order valence-electron chi connectivity index (χ0n) is 16.0. The highest BCUT2D eigenvalue weighted by Gasteiger charge is 2.27. The van der Waals surface area contributed by atoms with E-state index in [-0.39, 0.29) is 5.91 Å². The number of hydrogen-bond acceptors (Lipinski definition) is 4. The lowest BCUT2D eigenvalue weighted by molar-refractivity contribution is -0.132. The summed E-state index contributed by atoms with van der Waals surface area (Å²) < 4.78 is 9.25. The summed E-state index contributed by atoms with van der Waals surface area (Å²) in [5.74, 6) is 1.57. The zero-order chi connectivity index (χ0) is 18.5. The zero-order valence-corrected chi connectivity index (χ0v) is 16.0. The third kappa shape index (κ3) is 4.33. The molecule has 0 aliphatic carbocycles. The second-order valence-electron chi connectivity index (χ2n) is 7.05. The highest BCUT2D eigenvalue weighted by Crippen LogP contribution is 2.26. The van der Waals surface area contributed by atoms with Crippen molar-refractivity contribution in [2.75, 3.05) is 26.8 Å². The number of aromatic nitrogens is 4. The van der Waals surface area contributed by atoms with Gasteiger partial charge in [0.05, 0.1) is 12.3 Å². The summed E-state index contributed by atoms with van der Waals surface area (Å²) in [5.41, 5.74) is 2.10. The normalized spacial score (nSPS) is 17.7. The second-order valence-corrected chi connectivity index (χ2v) is 7.05. The molecule has 0 unspecified atom stereocenters. The smallest absolute Gasteiger partial charge is 0.224 e. The lowest BCUT2D eigenvalue weighted by Crippen LogP contribution is -2.40. The minimum absolute atomic E-state index is 0.206. The van der Waals surface area contributed by atoms with Crippen LogP contribution in [-0.2, 0) is 22.6 Å². The predicted octanol–water partition coefficient (Wildman–Crippen LogP) is 2.14. The lowest BCUT2D eigenvalue weighted by atomic mass is 9.97. The highest BCUT2D eigenvalue weighted by atomic mass is 16.5. The van der Waals surface area contributed by atoms with Crippen molar-refractivity contribution in [3.63, 3.8) is 0 Å². The molecule has 0 bridgehead atoms. The van der Waals surface area contributed by atoms with E-state index in [0.29, 0.717) is 25.5 Å². The summed E-state index contributed by atoms with van der Waals surface area (Å²) >= 11 is 0. The van der Waals surface area contributed by atoms with Crippen molar-refractivity contribution in [3.8, 4) is 0 Å². The number of aryl methyl sites for hydroxylation is 3. The summed E-state index contributed by atoms with van der Waals surface area (Å²) in [6.07, 6.45) is 6.43. The first kappa shape index (κ1) is 18.6. The predicted molar refractivity (Wildman–Crippen MR) is 99.0 cm³/mol. The molecule has 1 aliphatic heterocycles. The summed E-state index contributed by atoms with van der Waals surface area (Å²) in [6.45, 7) is 7.70. The van der Waals surface area contributed by atoms with Crippen LogP contribution in [0.3, 0.4) is 0 Å². The Kier molecular flexibility index (Phi) is 6.08. The van der Waals surface area contributed by atoms with Crippen molar-refractivity contribution < 1.29 is 9.53 Å². The molecule has 3 rings (SSSR count). The van der Waals surface area contributed by atoms with Crippen LogP contribution >= 0.6 is 0 Å². The molecular weight excluding hydrogens is 330 g/mol. The number of piperidine rings is 1. The van der Waals surface area contributed by atoms with E-state index in [4.69, 9.17) is 4.74 Å². The first-order chi connectivity index (χ1) is 12.6. The summed E-state index contributed by atoms with van der Waals surface area (Å²) in [5, 5.41) is 4.44. The fraction of sp³-hybridized carbons (Fsp3) is 0.632. The average Bonchev–Trinajstić information content (AvgIpc) is 3.23. The number of imidazole rings is 1. The SMILES string of the molecule is COCCn1ccnc1[C@H]1CCCN(C(=O)CCn2nc(C)cc2C)C1. The van der Waals surface area contributed by atoms with Crippen LogP contribution in [0, 0.1) is 13.8 Å². The molecule has 0 N–H and O–H groups in total. The molecule has 142 valence electrons. The number of amides is 1. The Bertz CT molecular complexity index is 736. The Morgan fingerprint density at radius 2 is 2.19 bits per heavy atom. The van der Waals surface area contributed by atoms with Gasteiger partial charge in [0.1, 0.15) is 5.82 Å². The molecule has 1 aliphatic rings. The van der Waals surface area contributed by atoms with Crippen LogP contribution in [0.25, 0.3) is 0 Å². The topological polar surface area (TPSA) is 65.2 Å². The molecule has 2 aromatic rings. The van der Waals surface area contributed by atoms with Gasteiger partial charge in [-0.3, -0.25) is 9.48 Å². The Balaban J connectivity index is 1.58. The van der Waals surface area contributed by atoms with Crippen molar-refractivity contribution in [1.82, 2.24) is 24.2 Å². The van der Waals surface area contributed by atoms with E-state index >= 15 is 0 Å². The second kappa shape index (κ2) is 8.49. The minimum atomic E-state index is 0.206. The molecule has 1 amide bonds. The minimum Gasteiger partial charge on any atom is -0.383 e. The molecule has 0 spiro atoms. The molecule has 1 fully saturated rings. The Morgan fingerprint density at radius 1 is 1.35 bits per heavy atom. The largest absolute Gasteiger partial charge is 0.383 e. The van der Waals surface area contributed by atoms with Gasteiger partial charge in [-0.15, -0.1) is 0 Å². The maximum Gasteiger partial charge on any atom is 0.224 e. The number of rotatable bonds is 7.